The van der Waals surface area contributed by atoms with Crippen molar-refractivity contribution in [1.82, 2.24) is 5.43 Å². The molecule has 0 fully saturated rings. The number of benzene rings is 3. The Balaban J connectivity index is 1.58. The van der Waals surface area contributed by atoms with Crippen molar-refractivity contribution in [3.8, 4) is 34.5 Å². The number of amides is 1. The van der Waals surface area contributed by atoms with Gasteiger partial charge in [-0.15, -0.1) is 0 Å². The lowest BCUT2D eigenvalue weighted by atomic mass is 10.1. The van der Waals surface area contributed by atoms with Gasteiger partial charge in [0.2, 0.25) is 11.7 Å². The van der Waals surface area contributed by atoms with E-state index >= 15 is 0 Å². The summed E-state index contributed by atoms with van der Waals surface area (Å²) in [6, 6.07) is 14.9. The van der Waals surface area contributed by atoms with Gasteiger partial charge in [-0.2, -0.15) is 5.10 Å². The Kier molecular flexibility index (Phi) is 9.31. The minimum atomic E-state index is -0.594. The van der Waals surface area contributed by atoms with Gasteiger partial charge in [-0.1, -0.05) is 6.07 Å². The summed E-state index contributed by atoms with van der Waals surface area (Å²) in [5, 5.41) is 3.98. The van der Waals surface area contributed by atoms with Gasteiger partial charge in [-0.3, -0.25) is 4.79 Å². The van der Waals surface area contributed by atoms with E-state index < -0.39 is 5.97 Å². The van der Waals surface area contributed by atoms with Crippen LogP contribution in [0.15, 0.2) is 59.7 Å². The number of hydrogen-bond acceptors (Lipinski definition) is 9. The van der Waals surface area contributed by atoms with Crippen LogP contribution in [0.3, 0.4) is 0 Å². The van der Waals surface area contributed by atoms with Crippen LogP contribution in [-0.2, 0) is 11.2 Å². The van der Waals surface area contributed by atoms with Crippen LogP contribution in [0, 0.1) is 0 Å². The monoisotopic (exact) mass is 508 g/mol. The number of carbonyl (C=O) groups is 2. The fraction of sp³-hybridized carbons (Fsp3) is 0.222. The van der Waals surface area contributed by atoms with Gasteiger partial charge < -0.3 is 28.4 Å². The number of hydrazone groups is 1. The van der Waals surface area contributed by atoms with Gasteiger partial charge in [0.15, 0.2) is 23.0 Å². The highest BCUT2D eigenvalue weighted by atomic mass is 16.5. The molecule has 0 saturated heterocycles. The first kappa shape index (κ1) is 26.9. The molecule has 0 aliphatic carbocycles. The van der Waals surface area contributed by atoms with Crippen molar-refractivity contribution in [3.05, 3.63) is 71.3 Å². The largest absolute Gasteiger partial charge is 0.493 e. The summed E-state index contributed by atoms with van der Waals surface area (Å²) < 4.78 is 31.7. The topological polar surface area (TPSA) is 114 Å². The molecule has 1 N–H and O–H groups in total. The number of nitrogens with zero attached hydrogens (tertiary/aromatic N) is 1. The van der Waals surface area contributed by atoms with Gasteiger partial charge in [-0.05, 0) is 59.7 Å². The van der Waals surface area contributed by atoms with Gasteiger partial charge in [0, 0.05) is 0 Å². The number of rotatable bonds is 11. The SMILES string of the molecule is COc1ccc(CC(=O)N/N=C\c2ccc(OC(=O)c3cc(OC)c(OC)c(OC)c3)cc2)cc1OC. The van der Waals surface area contributed by atoms with Gasteiger partial charge in [0.05, 0.1) is 53.7 Å². The minimum Gasteiger partial charge on any atom is -0.493 e. The van der Waals surface area contributed by atoms with Gasteiger partial charge in [0.25, 0.3) is 0 Å². The first-order chi connectivity index (χ1) is 17.9. The summed E-state index contributed by atoms with van der Waals surface area (Å²) in [5.74, 6) is 1.63. The van der Waals surface area contributed by atoms with E-state index in [2.05, 4.69) is 10.5 Å². The van der Waals surface area contributed by atoms with Crippen molar-refractivity contribution in [3.63, 3.8) is 0 Å². The molecular weight excluding hydrogens is 480 g/mol. The third kappa shape index (κ3) is 6.91. The molecule has 0 aliphatic heterocycles. The fourth-order valence-corrected chi connectivity index (χ4v) is 3.38. The van der Waals surface area contributed by atoms with E-state index in [0.717, 1.165) is 5.56 Å². The number of hydrogen-bond donors (Lipinski definition) is 1. The van der Waals surface area contributed by atoms with Crippen molar-refractivity contribution >= 4 is 18.1 Å². The maximum Gasteiger partial charge on any atom is 0.343 e. The van der Waals surface area contributed by atoms with E-state index in [1.807, 2.05) is 0 Å². The Morgan fingerprint density at radius 3 is 1.95 bits per heavy atom. The quantitative estimate of drug-likeness (QED) is 0.181. The maximum atomic E-state index is 12.6. The van der Waals surface area contributed by atoms with Crippen molar-refractivity contribution in [2.45, 2.75) is 6.42 Å². The molecule has 0 unspecified atom stereocenters. The molecule has 3 aromatic carbocycles. The zero-order valence-electron chi connectivity index (χ0n) is 21.2. The molecule has 0 heterocycles. The third-order valence-electron chi connectivity index (χ3n) is 5.21. The van der Waals surface area contributed by atoms with Crippen LogP contribution in [0.2, 0.25) is 0 Å². The van der Waals surface area contributed by atoms with Crippen LogP contribution < -0.4 is 33.8 Å². The second-order valence-electron chi connectivity index (χ2n) is 7.53. The van der Waals surface area contributed by atoms with Crippen molar-refractivity contribution < 1.29 is 38.0 Å². The molecule has 0 atom stereocenters. The highest BCUT2D eigenvalue weighted by Crippen LogP contribution is 2.38. The lowest BCUT2D eigenvalue weighted by Gasteiger charge is -2.13. The highest BCUT2D eigenvalue weighted by molar-refractivity contribution is 5.93. The molecule has 3 aromatic rings. The second-order valence-corrected chi connectivity index (χ2v) is 7.53. The van der Waals surface area contributed by atoms with Crippen LogP contribution in [0.4, 0.5) is 0 Å². The van der Waals surface area contributed by atoms with Crippen LogP contribution in [-0.4, -0.2) is 53.6 Å². The van der Waals surface area contributed by atoms with Crippen LogP contribution in [0.1, 0.15) is 21.5 Å². The molecule has 0 aromatic heterocycles. The number of esters is 1. The molecule has 0 spiro atoms. The molecule has 37 heavy (non-hydrogen) atoms. The predicted molar refractivity (Wildman–Crippen MR) is 136 cm³/mol. The molecule has 0 saturated carbocycles. The Morgan fingerprint density at radius 2 is 1.38 bits per heavy atom. The minimum absolute atomic E-state index is 0.119. The van der Waals surface area contributed by atoms with Crippen LogP contribution in [0.5, 0.6) is 34.5 Å². The first-order valence-corrected chi connectivity index (χ1v) is 11.1. The molecule has 194 valence electrons. The predicted octanol–water partition coefficient (Wildman–Crippen LogP) is 3.64. The molecule has 0 aliphatic rings. The zero-order valence-corrected chi connectivity index (χ0v) is 21.2. The van der Waals surface area contributed by atoms with Crippen molar-refractivity contribution in [1.29, 1.82) is 0 Å². The third-order valence-corrected chi connectivity index (χ3v) is 5.21. The summed E-state index contributed by atoms with van der Waals surface area (Å²) >= 11 is 0. The van der Waals surface area contributed by atoms with Gasteiger partial charge >= 0.3 is 5.97 Å². The van der Waals surface area contributed by atoms with Crippen molar-refractivity contribution in [2.75, 3.05) is 35.5 Å². The summed E-state index contributed by atoms with van der Waals surface area (Å²) in [5.41, 5.74) is 4.16. The molecule has 10 heteroatoms. The Morgan fingerprint density at radius 1 is 0.757 bits per heavy atom. The lowest BCUT2D eigenvalue weighted by molar-refractivity contribution is -0.120. The lowest BCUT2D eigenvalue weighted by Crippen LogP contribution is -2.19. The number of nitrogens with one attached hydrogen (secondary N) is 1. The number of methoxy groups -OCH3 is 5. The van der Waals surface area contributed by atoms with Crippen LogP contribution in [0.25, 0.3) is 0 Å². The zero-order chi connectivity index (χ0) is 26.8. The summed E-state index contributed by atoms with van der Waals surface area (Å²) in [6.45, 7) is 0. The standard InChI is InChI=1S/C27H28N2O8/c1-32-21-11-8-18(12-22(21)33-2)13-25(30)29-28-16-17-6-9-20(10-7-17)37-27(31)19-14-23(34-3)26(36-5)24(15-19)35-4/h6-12,14-16H,13H2,1-5H3,(H,29,30)/b28-16-. The van der Waals surface area contributed by atoms with Gasteiger partial charge in [0.1, 0.15) is 5.75 Å². The molecule has 0 radical (unpaired) electrons. The molecule has 10 nitrogen and oxygen atoms in total. The van der Waals surface area contributed by atoms with E-state index in [1.54, 1.807) is 49.6 Å². The van der Waals surface area contributed by atoms with E-state index in [4.69, 9.17) is 28.4 Å². The van der Waals surface area contributed by atoms with Crippen LogP contribution >= 0.6 is 0 Å². The highest BCUT2D eigenvalue weighted by Gasteiger charge is 2.18. The Hall–Kier alpha value is -4.73. The van der Waals surface area contributed by atoms with E-state index in [0.29, 0.717) is 40.1 Å². The fourth-order valence-electron chi connectivity index (χ4n) is 3.38. The van der Waals surface area contributed by atoms with Crippen molar-refractivity contribution in [2.24, 2.45) is 5.10 Å². The number of ether oxygens (including phenoxy) is 6. The molecule has 3 rings (SSSR count). The smallest absolute Gasteiger partial charge is 0.343 e. The summed E-state index contributed by atoms with van der Waals surface area (Å²) in [4.78, 5) is 24.9. The normalized spacial score (nSPS) is 10.5. The summed E-state index contributed by atoms with van der Waals surface area (Å²) in [6.07, 6.45) is 1.60. The molecule has 0 bridgehead atoms. The first-order valence-electron chi connectivity index (χ1n) is 11.1. The molecular formula is C27H28N2O8. The second kappa shape index (κ2) is 12.8. The van der Waals surface area contributed by atoms with Gasteiger partial charge in [-0.25, -0.2) is 10.2 Å². The Labute approximate surface area is 214 Å². The summed E-state index contributed by atoms with van der Waals surface area (Å²) in [7, 11) is 7.49. The molecule has 1 amide bonds. The average molecular weight is 509 g/mol. The van der Waals surface area contributed by atoms with E-state index in [9.17, 15) is 9.59 Å². The van der Waals surface area contributed by atoms with E-state index in [-0.39, 0.29) is 17.9 Å². The maximum absolute atomic E-state index is 12.6. The number of carbonyl (C=O) groups excluding carboxylic acids is 2. The van der Waals surface area contributed by atoms with E-state index in [1.165, 1.54) is 46.8 Å². The average Bonchev–Trinajstić information content (AvgIpc) is 2.92. The Bertz CT molecular complexity index is 1250.